The van der Waals surface area contributed by atoms with Crippen LogP contribution in [0.4, 0.5) is 5.69 Å². The number of fused-ring (bicyclic) bond motifs is 1. The van der Waals surface area contributed by atoms with Crippen molar-refractivity contribution in [1.82, 2.24) is 9.80 Å². The molecule has 2 unspecified atom stereocenters. The molecule has 3 aliphatic rings. The summed E-state index contributed by atoms with van der Waals surface area (Å²) in [6.07, 6.45) is 5.55. The molecule has 1 N–H and O–H groups in total. The van der Waals surface area contributed by atoms with E-state index >= 15 is 0 Å². The molecule has 3 fully saturated rings. The molecule has 1 spiro atoms. The first-order valence-electron chi connectivity index (χ1n) is 16.1. The summed E-state index contributed by atoms with van der Waals surface area (Å²) in [4.78, 5) is 48.8. The number of amides is 3. The molecule has 45 heavy (non-hydrogen) atoms. The third kappa shape index (κ3) is 5.79. The van der Waals surface area contributed by atoms with E-state index in [9.17, 15) is 19.5 Å². The summed E-state index contributed by atoms with van der Waals surface area (Å²) in [7, 11) is 0. The number of hydrogen-bond donors (Lipinski definition) is 1. The number of carbonyl (C=O) groups is 3. The zero-order valence-electron chi connectivity index (χ0n) is 26.3. The van der Waals surface area contributed by atoms with E-state index in [2.05, 4.69) is 20.1 Å². The molecule has 3 amide bonds. The number of nitrogens with zero attached hydrogens (tertiary/aromatic N) is 3. The van der Waals surface area contributed by atoms with Crippen LogP contribution in [0.15, 0.2) is 79.9 Å². The van der Waals surface area contributed by atoms with Gasteiger partial charge in [-0.1, -0.05) is 55.8 Å². The Hall–Kier alpha value is -3.95. The molecule has 0 saturated carbocycles. The highest BCUT2D eigenvalue weighted by molar-refractivity contribution is 6.03. The van der Waals surface area contributed by atoms with Gasteiger partial charge in [0.2, 0.25) is 17.7 Å². The van der Waals surface area contributed by atoms with Crippen molar-refractivity contribution in [3.05, 3.63) is 85.5 Å². The Morgan fingerprint density at radius 2 is 1.80 bits per heavy atom. The fraction of sp³-hybridized carbons (Fsp3) is 0.472. The third-order valence-electron chi connectivity index (χ3n) is 9.43. The number of benzene rings is 2. The number of hydrogen-bond acceptors (Lipinski definition) is 6. The number of likely N-dealkylation sites (tertiary alicyclic amines) is 1. The lowest BCUT2D eigenvalue weighted by Crippen LogP contribution is -2.57. The van der Waals surface area contributed by atoms with E-state index in [1.54, 1.807) is 22.0 Å². The van der Waals surface area contributed by atoms with Crippen LogP contribution >= 0.6 is 0 Å². The molecule has 9 heteroatoms. The van der Waals surface area contributed by atoms with Crippen LogP contribution in [0.5, 0.6) is 5.75 Å². The van der Waals surface area contributed by atoms with Crippen LogP contribution < -0.4 is 9.64 Å². The Kier molecular flexibility index (Phi) is 10.1. The molecule has 9 nitrogen and oxygen atoms in total. The van der Waals surface area contributed by atoms with Gasteiger partial charge in [-0.25, -0.2) is 0 Å². The zero-order chi connectivity index (χ0) is 32.1. The number of anilines is 1. The van der Waals surface area contributed by atoms with Gasteiger partial charge in [0.15, 0.2) is 0 Å². The number of carbonyl (C=O) groups excluding carboxylic acids is 3. The van der Waals surface area contributed by atoms with E-state index in [4.69, 9.17) is 9.47 Å². The first kappa shape index (κ1) is 32.4. The molecule has 2 bridgehead atoms. The van der Waals surface area contributed by atoms with Gasteiger partial charge in [0.1, 0.15) is 17.4 Å². The maximum atomic E-state index is 14.7. The molecular formula is C36H45N3O6. The number of ether oxygens (including phenoxy) is 2. The predicted octanol–water partition coefficient (Wildman–Crippen LogP) is 4.53. The number of rotatable bonds is 15. The van der Waals surface area contributed by atoms with Gasteiger partial charge >= 0.3 is 0 Å². The second-order valence-electron chi connectivity index (χ2n) is 12.0. The predicted molar refractivity (Wildman–Crippen MR) is 173 cm³/mol. The van der Waals surface area contributed by atoms with Gasteiger partial charge in [-0.2, -0.15) is 0 Å². The highest BCUT2D eigenvalue weighted by Crippen LogP contribution is 2.60. The van der Waals surface area contributed by atoms with Crippen LogP contribution in [-0.2, 0) is 19.1 Å². The first-order valence-corrected chi connectivity index (χ1v) is 16.1. The van der Waals surface area contributed by atoms with Gasteiger partial charge in [0.05, 0.1) is 37.2 Å². The molecular weight excluding hydrogens is 570 g/mol. The summed E-state index contributed by atoms with van der Waals surface area (Å²) in [6.45, 7) is 12.9. The molecule has 0 aromatic heterocycles. The van der Waals surface area contributed by atoms with Crippen molar-refractivity contribution in [3.63, 3.8) is 0 Å². The maximum Gasteiger partial charge on any atom is 0.248 e. The Balaban J connectivity index is 1.57. The molecule has 6 atom stereocenters. The molecule has 0 aliphatic carbocycles. The largest absolute Gasteiger partial charge is 0.494 e. The van der Waals surface area contributed by atoms with Crippen molar-refractivity contribution in [2.24, 2.45) is 11.8 Å². The van der Waals surface area contributed by atoms with Crippen molar-refractivity contribution in [3.8, 4) is 5.75 Å². The van der Waals surface area contributed by atoms with Crippen LogP contribution in [0, 0.1) is 11.8 Å². The fourth-order valence-corrected chi connectivity index (χ4v) is 7.51. The number of aliphatic hydroxyl groups excluding tert-OH is 1. The maximum absolute atomic E-state index is 14.7. The van der Waals surface area contributed by atoms with E-state index < -0.39 is 35.6 Å². The monoisotopic (exact) mass is 615 g/mol. The Morgan fingerprint density at radius 3 is 2.42 bits per heavy atom. The SMILES string of the molecule is C=CCN(CCCC)C(=O)C1N([C@H](CO)c2ccccc2)C(=O)[C@@H]2[C@@H](C(=O)N(CC=C)c3ccc(OCC)cc3)[C@H]3CCC12O3. The average Bonchev–Trinajstić information content (AvgIpc) is 3.70. The van der Waals surface area contributed by atoms with Gasteiger partial charge in [-0.3, -0.25) is 14.4 Å². The van der Waals surface area contributed by atoms with Gasteiger partial charge < -0.3 is 29.3 Å². The summed E-state index contributed by atoms with van der Waals surface area (Å²) in [5.41, 5.74) is 0.182. The van der Waals surface area contributed by atoms with Gasteiger partial charge in [-0.05, 0) is 56.0 Å². The lowest BCUT2D eigenvalue weighted by Gasteiger charge is -2.39. The molecule has 240 valence electrons. The van der Waals surface area contributed by atoms with Crippen molar-refractivity contribution in [2.45, 2.75) is 63.3 Å². The van der Waals surface area contributed by atoms with E-state index in [1.165, 1.54) is 4.90 Å². The van der Waals surface area contributed by atoms with Crippen molar-refractivity contribution in [1.29, 1.82) is 0 Å². The van der Waals surface area contributed by atoms with E-state index in [0.29, 0.717) is 49.5 Å². The van der Waals surface area contributed by atoms with Gasteiger partial charge in [0.25, 0.3) is 0 Å². The van der Waals surface area contributed by atoms with Crippen molar-refractivity contribution < 1.29 is 29.0 Å². The van der Waals surface area contributed by atoms with Gasteiger partial charge in [-0.15, -0.1) is 13.2 Å². The third-order valence-corrected chi connectivity index (χ3v) is 9.43. The second kappa shape index (κ2) is 14.0. The molecule has 2 aromatic rings. The summed E-state index contributed by atoms with van der Waals surface area (Å²) >= 11 is 0. The second-order valence-corrected chi connectivity index (χ2v) is 12.0. The molecule has 2 aromatic carbocycles. The number of unbranched alkanes of at least 4 members (excludes halogenated alkanes) is 1. The van der Waals surface area contributed by atoms with Crippen LogP contribution in [0.25, 0.3) is 0 Å². The van der Waals surface area contributed by atoms with Crippen molar-refractivity contribution >= 4 is 23.4 Å². The minimum Gasteiger partial charge on any atom is -0.494 e. The summed E-state index contributed by atoms with van der Waals surface area (Å²) in [6, 6.07) is 14.7. The summed E-state index contributed by atoms with van der Waals surface area (Å²) in [5, 5.41) is 10.7. The lowest BCUT2D eigenvalue weighted by molar-refractivity contribution is -0.151. The van der Waals surface area contributed by atoms with E-state index in [-0.39, 0.29) is 30.9 Å². The summed E-state index contributed by atoms with van der Waals surface area (Å²) < 4.78 is 12.3. The Labute approximate surface area is 266 Å². The lowest BCUT2D eigenvalue weighted by atomic mass is 9.70. The molecule has 0 radical (unpaired) electrons. The molecule has 3 heterocycles. The average molecular weight is 616 g/mol. The smallest absolute Gasteiger partial charge is 0.248 e. The van der Waals surface area contributed by atoms with E-state index in [0.717, 1.165) is 12.8 Å². The van der Waals surface area contributed by atoms with Crippen LogP contribution in [-0.4, -0.2) is 83.2 Å². The van der Waals surface area contributed by atoms with Crippen LogP contribution in [0.1, 0.15) is 51.1 Å². The Bertz CT molecular complexity index is 1380. The highest BCUT2D eigenvalue weighted by Gasteiger charge is 2.75. The first-order chi connectivity index (χ1) is 21.9. The van der Waals surface area contributed by atoms with Crippen LogP contribution in [0.2, 0.25) is 0 Å². The van der Waals surface area contributed by atoms with Crippen molar-refractivity contribution in [2.75, 3.05) is 37.7 Å². The Morgan fingerprint density at radius 1 is 1.09 bits per heavy atom. The zero-order valence-corrected chi connectivity index (χ0v) is 26.3. The normalized spacial score (nSPS) is 25.5. The number of aliphatic hydroxyl groups is 1. The van der Waals surface area contributed by atoms with Crippen LogP contribution in [0.3, 0.4) is 0 Å². The molecule has 5 rings (SSSR count). The standard InChI is InChI=1S/C36H45N3O6/c1-5-9-23-37(21-6-2)35(43)32-36-20-19-29(45-36)30(31(36)34(42)39(32)28(24-40)25-13-11-10-12-14-25)33(41)38(22-7-3)26-15-17-27(18-16-26)44-8-4/h6-7,10-18,28-32,40H,2-3,5,8-9,19-24H2,1,4H3/t28-,29-,30+,31+,32?,36?/m1/s1. The minimum absolute atomic E-state index is 0.239. The minimum atomic E-state index is -1.19. The topological polar surface area (TPSA) is 99.6 Å². The fourth-order valence-electron chi connectivity index (χ4n) is 7.51. The quantitative estimate of drug-likeness (QED) is 0.296. The highest BCUT2D eigenvalue weighted by atomic mass is 16.5. The summed E-state index contributed by atoms with van der Waals surface area (Å²) in [5.74, 6) is -1.79. The molecule has 3 saturated heterocycles. The van der Waals surface area contributed by atoms with Gasteiger partial charge in [0, 0.05) is 25.3 Å². The van der Waals surface area contributed by atoms with E-state index in [1.807, 2.05) is 61.5 Å². The molecule has 3 aliphatic heterocycles.